The zero-order valence-corrected chi connectivity index (χ0v) is 18.9. The minimum Gasteiger partial charge on any atom is -0.466 e. The van der Waals surface area contributed by atoms with Gasteiger partial charge in [-0.1, -0.05) is 18.2 Å². The Kier molecular flexibility index (Phi) is 6.65. The molecule has 1 N–H and O–H groups in total. The number of aryl methyl sites for hydroxylation is 1. The Morgan fingerprint density at radius 3 is 2.74 bits per heavy atom. The molecule has 2 heterocycles. The number of nitrogens with one attached hydrogen (secondary N) is 1. The Balaban J connectivity index is 1.53. The second kappa shape index (κ2) is 9.60. The van der Waals surface area contributed by atoms with Gasteiger partial charge in [0.1, 0.15) is 5.75 Å². The van der Waals surface area contributed by atoms with Crippen molar-refractivity contribution in [2.75, 3.05) is 31.9 Å². The number of anilines is 2. The summed E-state index contributed by atoms with van der Waals surface area (Å²) in [6.45, 7) is 6.45. The van der Waals surface area contributed by atoms with Gasteiger partial charge in [-0.2, -0.15) is 0 Å². The summed E-state index contributed by atoms with van der Waals surface area (Å²) in [5, 5.41) is 3.47. The highest BCUT2D eigenvalue weighted by molar-refractivity contribution is 7.85. The summed E-state index contributed by atoms with van der Waals surface area (Å²) in [5.74, 6) is 0.715. The predicted molar refractivity (Wildman–Crippen MR) is 122 cm³/mol. The Hall–Kier alpha value is -2.74. The third kappa shape index (κ3) is 4.35. The summed E-state index contributed by atoms with van der Waals surface area (Å²) < 4.78 is 23.8. The number of nitrogens with zero attached hydrogens (tertiary/aromatic N) is 2. The maximum atomic E-state index is 13.2. The highest BCUT2D eigenvalue weighted by atomic mass is 32.2. The molecule has 162 valence electrons. The highest BCUT2D eigenvalue weighted by Gasteiger charge is 2.29. The lowest BCUT2D eigenvalue weighted by Crippen LogP contribution is -2.32. The fourth-order valence-corrected chi connectivity index (χ4v) is 5.21. The summed E-state index contributed by atoms with van der Waals surface area (Å²) in [6, 6.07) is 15.7. The van der Waals surface area contributed by atoms with Crippen LogP contribution in [0.1, 0.15) is 16.8 Å². The molecule has 0 fully saturated rings. The largest absolute Gasteiger partial charge is 0.466 e. The Labute approximate surface area is 185 Å². The third-order valence-corrected chi connectivity index (χ3v) is 6.95. The first-order valence-electron chi connectivity index (χ1n) is 10.3. The second-order valence-electron chi connectivity index (χ2n) is 7.42. The Morgan fingerprint density at radius 2 is 1.90 bits per heavy atom. The number of ether oxygens (including phenoxy) is 2. The van der Waals surface area contributed by atoms with Crippen molar-refractivity contribution in [3.8, 4) is 5.75 Å². The molecule has 0 bridgehead atoms. The number of benzene rings is 2. The van der Waals surface area contributed by atoms with E-state index >= 15 is 0 Å². The molecule has 1 aliphatic heterocycles. The Bertz CT molecular complexity index is 1100. The van der Waals surface area contributed by atoms with Gasteiger partial charge in [0, 0.05) is 32.9 Å². The quantitative estimate of drug-likeness (QED) is 0.423. The fraction of sp³-hybridized carbons (Fsp3) is 0.292. The van der Waals surface area contributed by atoms with Crippen LogP contribution in [0.25, 0.3) is 0 Å². The normalized spacial score (nSPS) is 14.8. The minimum atomic E-state index is -1.17. The van der Waals surface area contributed by atoms with Crippen LogP contribution in [0.15, 0.2) is 64.5 Å². The van der Waals surface area contributed by atoms with Crippen LogP contribution in [0.3, 0.4) is 0 Å². The van der Waals surface area contributed by atoms with E-state index in [2.05, 4.69) is 35.1 Å². The van der Waals surface area contributed by atoms with Crippen LogP contribution in [0, 0.1) is 13.8 Å². The summed E-state index contributed by atoms with van der Waals surface area (Å²) in [7, 11) is 0.423. The number of aromatic nitrogens is 1. The average molecular weight is 438 g/mol. The van der Waals surface area contributed by atoms with E-state index in [9.17, 15) is 4.21 Å². The minimum absolute atomic E-state index is 0.190. The first-order valence-corrected chi connectivity index (χ1v) is 11.4. The molecule has 31 heavy (non-hydrogen) atoms. The molecule has 7 heteroatoms. The first-order chi connectivity index (χ1) is 15.1. The molecule has 4 rings (SSSR count). The van der Waals surface area contributed by atoms with Crippen LogP contribution < -0.4 is 15.0 Å². The Morgan fingerprint density at radius 1 is 1.06 bits per heavy atom. The first kappa shape index (κ1) is 21.5. The van der Waals surface area contributed by atoms with E-state index in [-0.39, 0.29) is 6.79 Å². The maximum absolute atomic E-state index is 13.2. The summed E-state index contributed by atoms with van der Waals surface area (Å²) >= 11 is 0. The molecular weight excluding hydrogens is 410 g/mol. The molecule has 0 saturated carbocycles. The molecule has 2 aromatic carbocycles. The van der Waals surface area contributed by atoms with Gasteiger partial charge in [0.15, 0.2) is 6.79 Å². The van der Waals surface area contributed by atoms with Crippen molar-refractivity contribution in [1.82, 2.24) is 10.3 Å². The third-order valence-electron chi connectivity index (χ3n) is 5.48. The van der Waals surface area contributed by atoms with E-state index in [0.717, 1.165) is 39.9 Å². The zero-order valence-electron chi connectivity index (χ0n) is 18.1. The molecule has 1 atom stereocenters. The fourth-order valence-electron chi connectivity index (χ4n) is 3.78. The van der Waals surface area contributed by atoms with E-state index in [4.69, 9.17) is 9.47 Å². The molecule has 1 aromatic heterocycles. The number of methoxy groups -OCH3 is 1. The number of hydrogen-bond acceptors (Lipinski definition) is 6. The van der Waals surface area contributed by atoms with Gasteiger partial charge in [0.25, 0.3) is 0 Å². The maximum Gasteiger partial charge on any atom is 0.188 e. The van der Waals surface area contributed by atoms with Gasteiger partial charge < -0.3 is 19.7 Å². The molecule has 0 radical (unpaired) electrons. The van der Waals surface area contributed by atoms with E-state index in [1.165, 1.54) is 11.1 Å². The van der Waals surface area contributed by atoms with Gasteiger partial charge in [-0.25, -0.2) is 4.21 Å². The lowest BCUT2D eigenvalue weighted by atomic mass is 10.1. The van der Waals surface area contributed by atoms with Gasteiger partial charge in [-0.05, 0) is 55.3 Å². The van der Waals surface area contributed by atoms with E-state index in [1.54, 1.807) is 13.3 Å². The van der Waals surface area contributed by atoms with Gasteiger partial charge >= 0.3 is 0 Å². The van der Waals surface area contributed by atoms with Crippen LogP contribution in [0.2, 0.25) is 0 Å². The SMILES string of the molecule is COCOc1cccnc1CNCCN1c2ccccc2S(=O)c2ccc(C)c(C)c21. The van der Waals surface area contributed by atoms with Crippen LogP contribution in [0.4, 0.5) is 11.4 Å². The van der Waals surface area contributed by atoms with Crippen molar-refractivity contribution in [3.63, 3.8) is 0 Å². The van der Waals surface area contributed by atoms with E-state index in [0.29, 0.717) is 12.3 Å². The van der Waals surface area contributed by atoms with Crippen molar-refractivity contribution in [2.24, 2.45) is 0 Å². The lowest BCUT2D eigenvalue weighted by molar-refractivity contribution is 0.0500. The molecule has 1 aliphatic rings. The molecule has 0 aliphatic carbocycles. The van der Waals surface area contributed by atoms with E-state index in [1.807, 2.05) is 42.5 Å². The molecule has 0 spiro atoms. The standard InChI is InChI=1S/C24H27N3O3S/c1-17-10-11-23-24(18(17)2)27(20-7-4-5-9-22(20)31(23)28)14-13-25-15-19-21(30-16-29-3)8-6-12-26-19/h4-12,25H,13-16H2,1-3H3. The summed E-state index contributed by atoms with van der Waals surface area (Å²) in [4.78, 5) is 8.44. The van der Waals surface area contributed by atoms with Gasteiger partial charge in [0.05, 0.1) is 37.7 Å². The number of hydrogen-bond donors (Lipinski definition) is 1. The number of fused-ring (bicyclic) bond motifs is 2. The smallest absolute Gasteiger partial charge is 0.188 e. The monoisotopic (exact) mass is 437 g/mol. The van der Waals surface area contributed by atoms with Crippen molar-refractivity contribution in [3.05, 3.63) is 71.5 Å². The molecule has 6 nitrogen and oxygen atoms in total. The summed E-state index contributed by atoms with van der Waals surface area (Å²) in [5.41, 5.74) is 5.26. The van der Waals surface area contributed by atoms with Crippen LogP contribution in [-0.4, -0.2) is 36.2 Å². The zero-order chi connectivity index (χ0) is 21.8. The van der Waals surface area contributed by atoms with E-state index < -0.39 is 10.8 Å². The average Bonchev–Trinajstić information content (AvgIpc) is 2.80. The molecule has 1 unspecified atom stereocenters. The molecule has 0 amide bonds. The van der Waals surface area contributed by atoms with Crippen LogP contribution >= 0.6 is 0 Å². The van der Waals surface area contributed by atoms with Crippen molar-refractivity contribution < 1.29 is 13.7 Å². The second-order valence-corrected chi connectivity index (χ2v) is 8.84. The number of para-hydroxylation sites is 1. The summed E-state index contributed by atoms with van der Waals surface area (Å²) in [6.07, 6.45) is 1.76. The number of pyridine rings is 1. The van der Waals surface area contributed by atoms with Gasteiger partial charge in [-0.15, -0.1) is 0 Å². The highest BCUT2D eigenvalue weighted by Crippen LogP contribution is 2.44. The number of rotatable bonds is 8. The predicted octanol–water partition coefficient (Wildman–Crippen LogP) is 4.09. The van der Waals surface area contributed by atoms with Gasteiger partial charge in [-0.3, -0.25) is 4.98 Å². The molecule has 3 aromatic rings. The topological polar surface area (TPSA) is 63.7 Å². The lowest BCUT2D eigenvalue weighted by Gasteiger charge is -2.34. The van der Waals surface area contributed by atoms with Crippen molar-refractivity contribution in [1.29, 1.82) is 0 Å². The van der Waals surface area contributed by atoms with Crippen molar-refractivity contribution in [2.45, 2.75) is 30.2 Å². The molecular formula is C24H27N3O3S. The molecule has 0 saturated heterocycles. The van der Waals surface area contributed by atoms with Crippen LogP contribution in [-0.2, 0) is 22.1 Å². The van der Waals surface area contributed by atoms with Gasteiger partial charge in [0.2, 0.25) is 0 Å². The van der Waals surface area contributed by atoms with Crippen molar-refractivity contribution >= 4 is 22.2 Å². The van der Waals surface area contributed by atoms with Crippen LogP contribution in [0.5, 0.6) is 5.75 Å².